The fraction of sp³-hybridized carbons (Fsp3) is 0.611. The van der Waals surface area contributed by atoms with Crippen LogP contribution in [0.1, 0.15) is 0 Å². The predicted octanol–water partition coefficient (Wildman–Crippen LogP) is 1.75. The highest BCUT2D eigenvalue weighted by Gasteiger charge is 2.13. The van der Waals surface area contributed by atoms with Gasteiger partial charge in [-0.05, 0) is 31.3 Å². The van der Waals surface area contributed by atoms with Crippen molar-refractivity contribution in [3.05, 3.63) is 24.3 Å². The number of hydrogen-bond acceptors (Lipinski definition) is 6. The molecule has 2 N–H and O–H groups in total. The number of benzene rings is 1. The molecular weight excluding hydrogens is 427 g/mol. The summed E-state index contributed by atoms with van der Waals surface area (Å²) in [4.78, 5) is 16.5. The van der Waals surface area contributed by atoms with E-state index in [9.17, 15) is 4.79 Å². The number of rotatable bonds is 10. The lowest BCUT2D eigenvalue weighted by atomic mass is 10.3. The lowest BCUT2D eigenvalue weighted by Gasteiger charge is -2.32. The molecule has 1 amide bonds. The van der Waals surface area contributed by atoms with Crippen LogP contribution in [0.3, 0.4) is 0 Å². The topological polar surface area (TPSA) is 66.1 Å². The van der Waals surface area contributed by atoms with Crippen molar-refractivity contribution in [2.75, 3.05) is 78.5 Å². The zero-order chi connectivity index (χ0) is 17.9. The van der Waals surface area contributed by atoms with Gasteiger partial charge >= 0.3 is 0 Å². The number of amides is 1. The smallest absolute Gasteiger partial charge is 0.238 e. The summed E-state index contributed by atoms with van der Waals surface area (Å²) >= 11 is 0. The lowest BCUT2D eigenvalue weighted by Crippen LogP contribution is -2.45. The third-order valence-electron chi connectivity index (χ3n) is 4.18. The summed E-state index contributed by atoms with van der Waals surface area (Å²) in [7, 11) is 3.79. The van der Waals surface area contributed by atoms with Crippen molar-refractivity contribution >= 4 is 48.8 Å². The summed E-state index contributed by atoms with van der Waals surface area (Å²) in [5, 5.41) is 5.86. The van der Waals surface area contributed by atoms with Crippen LogP contribution in [-0.4, -0.2) is 88.9 Å². The first-order chi connectivity index (χ1) is 12.2. The highest BCUT2D eigenvalue weighted by Crippen LogP contribution is 2.15. The molecule has 2 rings (SSSR count). The number of likely N-dealkylation sites (N-methyl/N-ethyl adjacent to an activating group) is 1. The molecule has 0 spiro atoms. The number of nitrogens with zero attached hydrogens (tertiary/aromatic N) is 2. The van der Waals surface area contributed by atoms with Crippen LogP contribution in [0.4, 0.5) is 5.69 Å². The van der Waals surface area contributed by atoms with Crippen molar-refractivity contribution in [2.45, 2.75) is 0 Å². The van der Waals surface area contributed by atoms with E-state index in [1.165, 1.54) is 0 Å². The van der Waals surface area contributed by atoms with Crippen molar-refractivity contribution in [2.24, 2.45) is 0 Å². The molecule has 0 saturated carbocycles. The van der Waals surface area contributed by atoms with E-state index in [1.807, 2.05) is 24.3 Å². The van der Waals surface area contributed by atoms with Crippen molar-refractivity contribution in [3.8, 4) is 5.75 Å². The number of carbonyl (C=O) groups is 1. The average molecular weight is 460 g/mol. The first kappa shape index (κ1) is 29.4. The van der Waals surface area contributed by atoms with Crippen molar-refractivity contribution in [1.29, 1.82) is 0 Å². The molecule has 0 aromatic heterocycles. The maximum Gasteiger partial charge on any atom is 0.238 e. The van der Waals surface area contributed by atoms with Gasteiger partial charge in [0.15, 0.2) is 0 Å². The van der Waals surface area contributed by atoms with Gasteiger partial charge in [-0.2, -0.15) is 0 Å². The normalized spacial score (nSPS) is 14.2. The van der Waals surface area contributed by atoms with Gasteiger partial charge < -0.3 is 25.0 Å². The second-order valence-electron chi connectivity index (χ2n) is 6.24. The maximum absolute atomic E-state index is 11.8. The van der Waals surface area contributed by atoms with Crippen LogP contribution in [-0.2, 0) is 9.53 Å². The zero-order valence-electron chi connectivity index (χ0n) is 16.5. The van der Waals surface area contributed by atoms with E-state index >= 15 is 0 Å². The minimum atomic E-state index is -0.0696. The molecule has 1 aromatic carbocycles. The maximum atomic E-state index is 11.8. The Morgan fingerprint density at radius 2 is 1.68 bits per heavy atom. The molecule has 1 aliphatic heterocycles. The lowest BCUT2D eigenvalue weighted by molar-refractivity contribution is -0.115. The SMILES string of the molecule is COCCNCC(=O)Nc1ccc(OCCN2CCN(C)CC2)cc1.Cl.Cl.Cl. The first-order valence-electron chi connectivity index (χ1n) is 8.80. The monoisotopic (exact) mass is 458 g/mol. The van der Waals surface area contributed by atoms with Gasteiger partial charge in [0.05, 0.1) is 13.2 Å². The average Bonchev–Trinajstić information content (AvgIpc) is 2.62. The molecule has 164 valence electrons. The molecule has 0 atom stereocenters. The summed E-state index contributed by atoms with van der Waals surface area (Å²) < 4.78 is 10.7. The van der Waals surface area contributed by atoms with Gasteiger partial charge in [-0.25, -0.2) is 0 Å². The van der Waals surface area contributed by atoms with Gasteiger partial charge in [0.2, 0.25) is 5.91 Å². The molecule has 1 saturated heterocycles. The van der Waals surface area contributed by atoms with Crippen LogP contribution in [0.5, 0.6) is 5.75 Å². The van der Waals surface area contributed by atoms with E-state index in [0.29, 0.717) is 19.8 Å². The number of carbonyl (C=O) groups excluding carboxylic acids is 1. The molecule has 1 aliphatic rings. The van der Waals surface area contributed by atoms with Crippen molar-refractivity contribution in [3.63, 3.8) is 0 Å². The van der Waals surface area contributed by atoms with Crippen LogP contribution in [0.2, 0.25) is 0 Å². The van der Waals surface area contributed by atoms with Gasteiger partial charge in [-0.3, -0.25) is 9.69 Å². The summed E-state index contributed by atoms with van der Waals surface area (Å²) in [5.41, 5.74) is 0.768. The van der Waals surface area contributed by atoms with Crippen molar-refractivity contribution in [1.82, 2.24) is 15.1 Å². The summed E-state index contributed by atoms with van der Waals surface area (Å²) in [5.74, 6) is 0.755. The molecule has 0 aliphatic carbocycles. The second kappa shape index (κ2) is 17.1. The Bertz CT molecular complexity index is 515. The second-order valence-corrected chi connectivity index (χ2v) is 6.24. The predicted molar refractivity (Wildman–Crippen MR) is 121 cm³/mol. The zero-order valence-corrected chi connectivity index (χ0v) is 19.0. The molecule has 1 fully saturated rings. The molecular formula is C18H33Cl3N4O3. The number of halogens is 3. The van der Waals surface area contributed by atoms with E-state index in [-0.39, 0.29) is 49.7 Å². The number of nitrogens with one attached hydrogen (secondary N) is 2. The molecule has 0 bridgehead atoms. The largest absolute Gasteiger partial charge is 0.492 e. The molecule has 1 heterocycles. The Kier molecular flexibility index (Phi) is 17.9. The fourth-order valence-electron chi connectivity index (χ4n) is 2.58. The molecule has 10 heteroatoms. The minimum absolute atomic E-state index is 0. The minimum Gasteiger partial charge on any atom is -0.492 e. The highest BCUT2D eigenvalue weighted by molar-refractivity contribution is 5.92. The van der Waals surface area contributed by atoms with Crippen LogP contribution in [0.15, 0.2) is 24.3 Å². The fourth-order valence-corrected chi connectivity index (χ4v) is 2.58. The van der Waals surface area contributed by atoms with Crippen LogP contribution >= 0.6 is 37.2 Å². The number of methoxy groups -OCH3 is 1. The molecule has 7 nitrogen and oxygen atoms in total. The molecule has 1 aromatic rings. The van der Waals surface area contributed by atoms with Gasteiger partial charge in [0.1, 0.15) is 12.4 Å². The Labute approximate surface area is 186 Å². The third kappa shape index (κ3) is 11.9. The Balaban J connectivity index is 0. The summed E-state index contributed by atoms with van der Waals surface area (Å²) in [6, 6.07) is 7.49. The van der Waals surface area contributed by atoms with Crippen molar-refractivity contribution < 1.29 is 14.3 Å². The summed E-state index contributed by atoms with van der Waals surface area (Å²) in [6.45, 7) is 7.58. The van der Waals surface area contributed by atoms with Crippen LogP contribution in [0.25, 0.3) is 0 Å². The van der Waals surface area contributed by atoms with E-state index < -0.39 is 0 Å². The Hall–Kier alpha value is -0.800. The number of piperazine rings is 1. The molecule has 0 radical (unpaired) electrons. The Morgan fingerprint density at radius 3 is 2.29 bits per heavy atom. The quantitative estimate of drug-likeness (QED) is 0.520. The van der Waals surface area contributed by atoms with Gasteiger partial charge in [-0.15, -0.1) is 37.2 Å². The Morgan fingerprint density at radius 1 is 1.04 bits per heavy atom. The van der Waals surface area contributed by atoms with E-state index in [1.54, 1.807) is 7.11 Å². The van der Waals surface area contributed by atoms with E-state index in [4.69, 9.17) is 9.47 Å². The van der Waals surface area contributed by atoms with E-state index in [2.05, 4.69) is 27.5 Å². The molecule has 28 heavy (non-hydrogen) atoms. The first-order valence-corrected chi connectivity index (χ1v) is 8.80. The summed E-state index contributed by atoms with van der Waals surface area (Å²) in [6.07, 6.45) is 0. The molecule has 0 unspecified atom stereocenters. The standard InChI is InChI=1S/C18H30N4O3.3ClH/c1-21-8-10-22(11-9-21)12-14-25-17-5-3-16(4-6-17)20-18(23)15-19-7-13-24-2;;;/h3-6,19H,7-15H2,1-2H3,(H,20,23);3*1H. The number of anilines is 1. The highest BCUT2D eigenvalue weighted by atomic mass is 35.5. The van der Waals surface area contributed by atoms with Gasteiger partial charge in [0.25, 0.3) is 0 Å². The van der Waals surface area contributed by atoms with Gasteiger partial charge in [0, 0.05) is 52.1 Å². The number of ether oxygens (including phenoxy) is 2. The third-order valence-corrected chi connectivity index (χ3v) is 4.18. The van der Waals surface area contributed by atoms with Crippen LogP contribution in [0, 0.1) is 0 Å². The van der Waals surface area contributed by atoms with Crippen LogP contribution < -0.4 is 15.4 Å². The van der Waals surface area contributed by atoms with Gasteiger partial charge in [-0.1, -0.05) is 0 Å². The van der Waals surface area contributed by atoms with E-state index in [0.717, 1.165) is 44.2 Å². The number of hydrogen-bond donors (Lipinski definition) is 2.